The summed E-state index contributed by atoms with van der Waals surface area (Å²) in [7, 11) is 0. The normalized spacial score (nSPS) is 23.0. The Bertz CT molecular complexity index is 844. The largest absolute Gasteiger partial charge is 0.342 e. The number of aryl methyl sites for hydroxylation is 1. The third kappa shape index (κ3) is 3.10. The average Bonchev–Trinajstić information content (AvgIpc) is 3.17. The first-order chi connectivity index (χ1) is 12.3. The monoisotopic (exact) mass is 375 g/mol. The van der Waals surface area contributed by atoms with Crippen molar-refractivity contribution < 1.29 is 0 Å². The van der Waals surface area contributed by atoms with Crippen molar-refractivity contribution in [1.82, 2.24) is 19.1 Å². The van der Waals surface area contributed by atoms with E-state index in [1.54, 1.807) is 10.7 Å². The predicted molar refractivity (Wildman–Crippen MR) is 101 cm³/mol. The van der Waals surface area contributed by atoms with Gasteiger partial charge in [-0.15, -0.1) is 0 Å². The molecule has 25 heavy (non-hydrogen) atoms. The lowest BCUT2D eigenvalue weighted by molar-refractivity contribution is 0.481. The Kier molecular flexibility index (Phi) is 4.04. The van der Waals surface area contributed by atoms with Crippen LogP contribution in [0.5, 0.6) is 0 Å². The van der Waals surface area contributed by atoms with Crippen molar-refractivity contribution in [2.24, 2.45) is 0 Å². The molecule has 0 aromatic carbocycles. The van der Waals surface area contributed by atoms with Crippen molar-refractivity contribution in [2.75, 3.05) is 17.2 Å². The van der Waals surface area contributed by atoms with Crippen LogP contribution in [0.1, 0.15) is 48.7 Å². The second-order valence-corrected chi connectivity index (χ2v) is 8.97. The molecule has 1 aliphatic carbocycles. The molecule has 1 saturated heterocycles. The van der Waals surface area contributed by atoms with Gasteiger partial charge in [0.25, 0.3) is 5.56 Å². The third-order valence-electron chi connectivity index (χ3n) is 5.28. The quantitative estimate of drug-likeness (QED) is 0.818. The highest BCUT2D eigenvalue weighted by molar-refractivity contribution is 7.98. The Hall–Kier alpha value is -1.41. The molecule has 0 N–H and O–H groups in total. The zero-order valence-electron chi connectivity index (χ0n) is 14.1. The molecular weight excluding hydrogens is 354 g/mol. The van der Waals surface area contributed by atoms with Crippen molar-refractivity contribution in [3.63, 3.8) is 0 Å². The van der Waals surface area contributed by atoms with Gasteiger partial charge >= 0.3 is 0 Å². The zero-order chi connectivity index (χ0) is 16.8. The van der Waals surface area contributed by atoms with Crippen LogP contribution in [0.4, 0.5) is 5.13 Å². The van der Waals surface area contributed by atoms with Crippen molar-refractivity contribution in [3.8, 4) is 0 Å². The van der Waals surface area contributed by atoms with E-state index in [1.165, 1.54) is 24.4 Å². The average molecular weight is 376 g/mol. The fourth-order valence-electron chi connectivity index (χ4n) is 3.71. The van der Waals surface area contributed by atoms with Gasteiger partial charge in [0.1, 0.15) is 5.82 Å². The Balaban J connectivity index is 1.38. The van der Waals surface area contributed by atoms with Crippen molar-refractivity contribution in [1.29, 1.82) is 0 Å². The lowest BCUT2D eigenvalue weighted by atomic mass is 10.2. The van der Waals surface area contributed by atoms with Crippen LogP contribution in [-0.4, -0.2) is 37.5 Å². The highest BCUT2D eigenvalue weighted by Gasteiger charge is 2.32. The summed E-state index contributed by atoms with van der Waals surface area (Å²) in [6, 6.07) is 2.09. The number of hydrogen-bond donors (Lipinski definition) is 0. The van der Waals surface area contributed by atoms with Gasteiger partial charge in [-0.2, -0.15) is 21.2 Å². The fourth-order valence-corrected chi connectivity index (χ4v) is 5.51. The molecule has 2 aromatic rings. The molecule has 0 amide bonds. The molecular formula is C17H21N5OS2. The minimum Gasteiger partial charge on any atom is -0.342 e. The lowest BCUT2D eigenvalue weighted by Gasteiger charge is -2.24. The summed E-state index contributed by atoms with van der Waals surface area (Å²) >= 11 is 3.39. The molecule has 1 unspecified atom stereocenters. The van der Waals surface area contributed by atoms with Crippen LogP contribution >= 0.6 is 23.3 Å². The van der Waals surface area contributed by atoms with E-state index in [-0.39, 0.29) is 5.56 Å². The van der Waals surface area contributed by atoms with Gasteiger partial charge in [0.05, 0.1) is 18.3 Å². The van der Waals surface area contributed by atoms with E-state index in [0.717, 1.165) is 59.5 Å². The molecule has 3 aliphatic rings. The van der Waals surface area contributed by atoms with Crippen molar-refractivity contribution >= 4 is 28.4 Å². The number of anilines is 1. The molecule has 1 atom stereocenters. The van der Waals surface area contributed by atoms with Gasteiger partial charge in [-0.1, -0.05) is 0 Å². The molecule has 132 valence electrons. The second-order valence-electron chi connectivity index (χ2n) is 7.14. The Labute approximate surface area is 154 Å². The van der Waals surface area contributed by atoms with Gasteiger partial charge in [0.15, 0.2) is 0 Å². The van der Waals surface area contributed by atoms with Gasteiger partial charge in [-0.05, 0) is 37.0 Å². The first-order valence-electron chi connectivity index (χ1n) is 9.06. The van der Waals surface area contributed by atoms with Gasteiger partial charge < -0.3 is 4.90 Å². The van der Waals surface area contributed by atoms with E-state index in [2.05, 4.69) is 14.4 Å². The van der Waals surface area contributed by atoms with E-state index >= 15 is 0 Å². The van der Waals surface area contributed by atoms with E-state index < -0.39 is 0 Å². The number of fused-ring (bicyclic) bond motifs is 1. The highest BCUT2D eigenvalue weighted by atomic mass is 32.2. The van der Waals surface area contributed by atoms with E-state index in [9.17, 15) is 4.79 Å². The molecule has 5 rings (SSSR count). The van der Waals surface area contributed by atoms with E-state index in [1.807, 2.05) is 11.8 Å². The Morgan fingerprint density at radius 1 is 1.28 bits per heavy atom. The smallest absolute Gasteiger partial charge is 0.267 e. The number of aromatic nitrogens is 4. The summed E-state index contributed by atoms with van der Waals surface area (Å²) in [6.07, 6.45) is 5.65. The SMILES string of the molecule is O=c1cc2c(nn1CC1CCCN1c1nc(C3CC3)ns1)CCSC2. The van der Waals surface area contributed by atoms with Crippen LogP contribution in [0, 0.1) is 0 Å². The summed E-state index contributed by atoms with van der Waals surface area (Å²) in [5.41, 5.74) is 2.26. The van der Waals surface area contributed by atoms with Gasteiger partial charge in [0.2, 0.25) is 5.13 Å². The van der Waals surface area contributed by atoms with Gasteiger partial charge in [-0.25, -0.2) is 9.67 Å². The molecule has 4 heterocycles. The Morgan fingerprint density at radius 2 is 2.20 bits per heavy atom. The van der Waals surface area contributed by atoms with Crippen molar-refractivity contribution in [3.05, 3.63) is 33.5 Å². The van der Waals surface area contributed by atoms with Crippen molar-refractivity contribution in [2.45, 2.75) is 56.4 Å². The first-order valence-corrected chi connectivity index (χ1v) is 11.0. The van der Waals surface area contributed by atoms with Crippen LogP contribution < -0.4 is 10.5 Å². The third-order valence-corrected chi connectivity index (χ3v) is 7.06. The van der Waals surface area contributed by atoms with Crippen LogP contribution in [0.25, 0.3) is 0 Å². The van der Waals surface area contributed by atoms with Crippen LogP contribution in [0.2, 0.25) is 0 Å². The number of rotatable bonds is 4. The number of hydrogen-bond acceptors (Lipinski definition) is 7. The molecule has 6 nitrogen and oxygen atoms in total. The van der Waals surface area contributed by atoms with Gasteiger partial charge in [-0.3, -0.25) is 4.79 Å². The standard InChI is InChI=1S/C17H21N5OS2/c23-15-8-12-10-24-7-5-14(12)19-22(15)9-13-2-1-6-21(13)17-18-16(20-25-17)11-3-4-11/h8,11,13H,1-7,9-10H2. The maximum Gasteiger partial charge on any atom is 0.267 e. The summed E-state index contributed by atoms with van der Waals surface area (Å²) in [4.78, 5) is 19.6. The topological polar surface area (TPSA) is 63.9 Å². The highest BCUT2D eigenvalue weighted by Crippen LogP contribution is 2.40. The van der Waals surface area contributed by atoms with E-state index in [0.29, 0.717) is 18.5 Å². The number of thioether (sulfide) groups is 1. The number of nitrogens with zero attached hydrogens (tertiary/aromatic N) is 5. The minimum atomic E-state index is 0.0315. The summed E-state index contributed by atoms with van der Waals surface area (Å²) < 4.78 is 6.22. The molecule has 8 heteroatoms. The summed E-state index contributed by atoms with van der Waals surface area (Å²) in [5.74, 6) is 3.63. The van der Waals surface area contributed by atoms with Crippen LogP contribution in [0.15, 0.2) is 10.9 Å². The summed E-state index contributed by atoms with van der Waals surface area (Å²) in [5, 5.41) is 5.70. The van der Waals surface area contributed by atoms with Crippen LogP contribution in [0.3, 0.4) is 0 Å². The molecule has 2 aliphatic heterocycles. The summed E-state index contributed by atoms with van der Waals surface area (Å²) in [6.45, 7) is 1.65. The minimum absolute atomic E-state index is 0.0315. The van der Waals surface area contributed by atoms with Crippen LogP contribution in [-0.2, 0) is 18.7 Å². The zero-order valence-corrected chi connectivity index (χ0v) is 15.7. The fraction of sp³-hybridized carbons (Fsp3) is 0.647. The maximum absolute atomic E-state index is 12.5. The molecule has 1 saturated carbocycles. The second kappa shape index (κ2) is 6.39. The molecule has 0 radical (unpaired) electrons. The first kappa shape index (κ1) is 15.8. The maximum atomic E-state index is 12.5. The Morgan fingerprint density at radius 3 is 3.08 bits per heavy atom. The van der Waals surface area contributed by atoms with Gasteiger partial charge in [0, 0.05) is 42.2 Å². The molecule has 0 bridgehead atoms. The molecule has 0 spiro atoms. The molecule has 2 fully saturated rings. The lowest BCUT2D eigenvalue weighted by Crippen LogP contribution is -2.37. The van der Waals surface area contributed by atoms with E-state index in [4.69, 9.17) is 4.98 Å². The predicted octanol–water partition coefficient (Wildman–Crippen LogP) is 2.43. The molecule has 2 aromatic heterocycles.